The van der Waals surface area contributed by atoms with Gasteiger partial charge in [0.05, 0.1) is 12.6 Å². The van der Waals surface area contributed by atoms with E-state index in [9.17, 15) is 14.4 Å². The average molecular weight is 313 g/mol. The highest BCUT2D eigenvalue weighted by molar-refractivity contribution is 8.13. The fourth-order valence-electron chi connectivity index (χ4n) is 1.14. The van der Waals surface area contributed by atoms with Gasteiger partial charge in [0.1, 0.15) is 0 Å². The number of carbonyl (C=O) groups excluding carboxylic acids is 3. The minimum atomic E-state index is -0.725. The van der Waals surface area contributed by atoms with Gasteiger partial charge in [-0.25, -0.2) is 0 Å². The van der Waals surface area contributed by atoms with Crippen molar-refractivity contribution in [1.29, 1.82) is 0 Å². The third kappa shape index (κ3) is 12.0. The second kappa shape index (κ2) is 12.3. The number of hydrogen-bond donors (Lipinski definition) is 2. The zero-order valence-corrected chi connectivity index (χ0v) is 12.8. The normalized spacial score (nSPS) is 11.1. The predicted octanol–water partition coefficient (Wildman–Crippen LogP) is 0.475. The highest BCUT2D eigenvalue weighted by Crippen LogP contribution is 2.00. The van der Waals surface area contributed by atoms with Gasteiger partial charge in [0.2, 0.25) is 5.91 Å². The van der Waals surface area contributed by atoms with Crippen molar-refractivity contribution in [2.45, 2.75) is 32.7 Å². The van der Waals surface area contributed by atoms with Gasteiger partial charge in [-0.15, -0.1) is 12.4 Å². The Hall–Kier alpha value is -0.790. The Morgan fingerprint density at radius 2 is 2.00 bits per heavy atom. The molecule has 0 aliphatic rings. The molecule has 0 bridgehead atoms. The highest BCUT2D eigenvalue weighted by Gasteiger charge is 2.14. The summed E-state index contributed by atoms with van der Waals surface area (Å²) >= 11 is 1.14. The lowest BCUT2D eigenvalue weighted by Crippen LogP contribution is -2.41. The number of hydrogen-bond acceptors (Lipinski definition) is 6. The standard InChI is InChI=1S/C11H20N2O4S.ClH/c1-3-17-10(15)5-4-9(12)11(16)13-6-7-18-8(2)14;/h9H,3-7,12H2,1-2H3,(H,13,16);1H. The maximum absolute atomic E-state index is 11.5. The maximum atomic E-state index is 11.5. The number of halogens is 1. The summed E-state index contributed by atoms with van der Waals surface area (Å²) in [5, 5.41) is 2.61. The van der Waals surface area contributed by atoms with Gasteiger partial charge in [0.25, 0.3) is 0 Å². The highest BCUT2D eigenvalue weighted by atomic mass is 35.5. The maximum Gasteiger partial charge on any atom is 0.305 e. The lowest BCUT2D eigenvalue weighted by molar-refractivity contribution is -0.143. The van der Waals surface area contributed by atoms with E-state index in [4.69, 9.17) is 10.5 Å². The van der Waals surface area contributed by atoms with Crippen LogP contribution in [0.1, 0.15) is 26.7 Å². The molecule has 6 nitrogen and oxygen atoms in total. The van der Waals surface area contributed by atoms with Crippen molar-refractivity contribution in [3.05, 3.63) is 0 Å². The van der Waals surface area contributed by atoms with E-state index in [2.05, 4.69) is 5.32 Å². The second-order valence-corrected chi connectivity index (χ2v) is 4.85. The van der Waals surface area contributed by atoms with Crippen LogP contribution in [0.25, 0.3) is 0 Å². The van der Waals surface area contributed by atoms with Crippen LogP contribution < -0.4 is 11.1 Å². The number of esters is 1. The lowest BCUT2D eigenvalue weighted by Gasteiger charge is -2.11. The molecule has 0 rings (SSSR count). The molecule has 0 saturated carbocycles. The fraction of sp³-hybridized carbons (Fsp3) is 0.727. The zero-order valence-electron chi connectivity index (χ0n) is 11.1. The molecule has 0 heterocycles. The van der Waals surface area contributed by atoms with Gasteiger partial charge < -0.3 is 15.8 Å². The lowest BCUT2D eigenvalue weighted by atomic mass is 10.1. The van der Waals surface area contributed by atoms with Crippen molar-refractivity contribution in [1.82, 2.24) is 5.32 Å². The Bertz CT molecular complexity index is 302. The van der Waals surface area contributed by atoms with E-state index in [0.717, 1.165) is 11.8 Å². The Labute approximate surface area is 123 Å². The van der Waals surface area contributed by atoms with Crippen LogP contribution in [0.3, 0.4) is 0 Å². The monoisotopic (exact) mass is 312 g/mol. The summed E-state index contributed by atoms with van der Waals surface area (Å²) in [5.74, 6) is -0.151. The van der Waals surface area contributed by atoms with Gasteiger partial charge in [-0.2, -0.15) is 0 Å². The van der Waals surface area contributed by atoms with Gasteiger partial charge in [0, 0.05) is 25.6 Å². The van der Waals surface area contributed by atoms with Crippen molar-refractivity contribution in [3.63, 3.8) is 0 Å². The third-order valence-electron chi connectivity index (χ3n) is 2.01. The number of ether oxygens (including phenoxy) is 1. The first-order chi connectivity index (χ1) is 8.47. The molecule has 0 fully saturated rings. The molecule has 3 N–H and O–H groups in total. The van der Waals surface area contributed by atoms with E-state index >= 15 is 0 Å². The number of nitrogens with one attached hydrogen (secondary N) is 1. The molecule has 0 aromatic rings. The summed E-state index contributed by atoms with van der Waals surface area (Å²) in [5.41, 5.74) is 5.61. The Morgan fingerprint density at radius 1 is 1.37 bits per heavy atom. The molecule has 0 saturated heterocycles. The number of nitrogens with two attached hydrogens (primary N) is 1. The summed E-state index contributed by atoms with van der Waals surface area (Å²) < 4.78 is 4.73. The number of carbonyl (C=O) groups is 3. The summed E-state index contributed by atoms with van der Waals surface area (Å²) in [4.78, 5) is 33.2. The van der Waals surface area contributed by atoms with Gasteiger partial charge in [-0.3, -0.25) is 14.4 Å². The van der Waals surface area contributed by atoms with E-state index in [0.29, 0.717) is 18.9 Å². The van der Waals surface area contributed by atoms with Gasteiger partial charge >= 0.3 is 5.97 Å². The van der Waals surface area contributed by atoms with Crippen LogP contribution in [0.15, 0.2) is 0 Å². The molecule has 0 aromatic heterocycles. The van der Waals surface area contributed by atoms with Gasteiger partial charge in [-0.05, 0) is 13.3 Å². The molecule has 1 atom stereocenters. The quantitative estimate of drug-likeness (QED) is 0.499. The Kier molecular flexibility index (Phi) is 13.2. The molecule has 0 aliphatic carbocycles. The van der Waals surface area contributed by atoms with Crippen molar-refractivity contribution in [2.24, 2.45) is 5.73 Å². The summed E-state index contributed by atoms with van der Waals surface area (Å²) in [6, 6.07) is -0.725. The molecule has 112 valence electrons. The SMILES string of the molecule is CCOC(=O)CCC(N)C(=O)NCCSC(C)=O.Cl. The van der Waals surface area contributed by atoms with E-state index < -0.39 is 6.04 Å². The van der Waals surface area contributed by atoms with Crippen LogP contribution in [0, 0.1) is 0 Å². The summed E-state index contributed by atoms with van der Waals surface area (Å²) in [6.45, 7) is 3.90. The van der Waals surface area contributed by atoms with E-state index in [1.165, 1.54) is 6.92 Å². The van der Waals surface area contributed by atoms with Crippen molar-refractivity contribution < 1.29 is 19.1 Å². The molecule has 19 heavy (non-hydrogen) atoms. The van der Waals surface area contributed by atoms with Crippen molar-refractivity contribution in [2.75, 3.05) is 18.9 Å². The van der Waals surface area contributed by atoms with Crippen LogP contribution in [0.4, 0.5) is 0 Å². The average Bonchev–Trinajstić information content (AvgIpc) is 2.31. The molecule has 8 heteroatoms. The molecule has 0 radical (unpaired) electrons. The first-order valence-electron chi connectivity index (χ1n) is 5.79. The van der Waals surface area contributed by atoms with E-state index in [1.54, 1.807) is 6.92 Å². The minimum Gasteiger partial charge on any atom is -0.466 e. The molecular weight excluding hydrogens is 292 g/mol. The van der Waals surface area contributed by atoms with Crippen LogP contribution in [0.5, 0.6) is 0 Å². The number of rotatable bonds is 8. The van der Waals surface area contributed by atoms with Crippen LogP contribution in [-0.2, 0) is 19.1 Å². The van der Waals surface area contributed by atoms with Gasteiger partial charge in [0.15, 0.2) is 5.12 Å². The second-order valence-electron chi connectivity index (χ2n) is 3.58. The minimum absolute atomic E-state index is 0. The molecule has 1 unspecified atom stereocenters. The van der Waals surface area contributed by atoms with E-state index in [1.807, 2.05) is 0 Å². The predicted molar refractivity (Wildman–Crippen MR) is 77.2 cm³/mol. The first-order valence-corrected chi connectivity index (χ1v) is 6.78. The van der Waals surface area contributed by atoms with E-state index in [-0.39, 0.29) is 42.2 Å². The fourth-order valence-corrected chi connectivity index (χ4v) is 1.63. The smallest absolute Gasteiger partial charge is 0.305 e. The van der Waals surface area contributed by atoms with Crippen molar-refractivity contribution in [3.8, 4) is 0 Å². The first kappa shape index (κ1) is 20.5. The molecule has 0 aliphatic heterocycles. The number of thioether (sulfide) groups is 1. The van der Waals surface area contributed by atoms with Crippen molar-refractivity contribution >= 4 is 41.2 Å². The Morgan fingerprint density at radius 3 is 2.53 bits per heavy atom. The van der Waals surface area contributed by atoms with Crippen LogP contribution in [-0.4, -0.2) is 41.9 Å². The van der Waals surface area contributed by atoms with Crippen LogP contribution in [0.2, 0.25) is 0 Å². The summed E-state index contributed by atoms with van der Waals surface area (Å²) in [7, 11) is 0. The topological polar surface area (TPSA) is 98.5 Å². The third-order valence-corrected chi connectivity index (χ3v) is 2.82. The summed E-state index contributed by atoms with van der Waals surface area (Å²) in [6.07, 6.45) is 0.384. The van der Waals surface area contributed by atoms with Crippen LogP contribution >= 0.6 is 24.2 Å². The molecule has 0 spiro atoms. The zero-order chi connectivity index (χ0) is 14.0. The molecule has 1 amide bonds. The number of amides is 1. The van der Waals surface area contributed by atoms with Gasteiger partial charge in [-0.1, -0.05) is 11.8 Å². The largest absolute Gasteiger partial charge is 0.466 e. The molecule has 0 aromatic carbocycles. The Balaban J connectivity index is 0. The molecular formula is C11H21ClN2O4S.